The Hall–Kier alpha value is -2.48. The van der Waals surface area contributed by atoms with Crippen molar-refractivity contribution >= 4 is 28.8 Å². The van der Waals surface area contributed by atoms with Crippen LogP contribution < -0.4 is 22.1 Å². The number of pyridine rings is 1. The SMILES string of the molecule is NCC1=C[N+](C2(CN)CCC(Nc3ccccc3Cl)CC2)=C1Nc1ccnc(F)c1. The summed E-state index contributed by atoms with van der Waals surface area (Å²) in [6.45, 7) is 0.930. The van der Waals surface area contributed by atoms with Crippen LogP contribution in [0.4, 0.5) is 15.8 Å². The maximum Gasteiger partial charge on any atom is 0.288 e. The first kappa shape index (κ1) is 20.8. The number of nitrogens with two attached hydrogens (primary N) is 2. The van der Waals surface area contributed by atoms with Gasteiger partial charge < -0.3 is 16.8 Å². The van der Waals surface area contributed by atoms with Crippen LogP contribution in [0.5, 0.6) is 0 Å². The first-order valence-electron chi connectivity index (χ1n) is 10.2. The lowest BCUT2D eigenvalue weighted by molar-refractivity contribution is -0.561. The fourth-order valence-electron chi connectivity index (χ4n) is 4.29. The highest BCUT2D eigenvalue weighted by Gasteiger charge is 2.45. The van der Waals surface area contributed by atoms with Crippen molar-refractivity contribution in [3.8, 4) is 0 Å². The molecular formula is C22H27ClFN6+. The molecule has 158 valence electrons. The molecule has 0 atom stereocenters. The largest absolute Gasteiger partial charge is 0.381 e. The zero-order valence-corrected chi connectivity index (χ0v) is 17.5. The second kappa shape index (κ2) is 8.71. The van der Waals surface area contributed by atoms with E-state index in [0.717, 1.165) is 47.8 Å². The van der Waals surface area contributed by atoms with Gasteiger partial charge in [0.15, 0.2) is 0 Å². The number of rotatable bonds is 6. The van der Waals surface area contributed by atoms with E-state index in [1.54, 1.807) is 6.07 Å². The molecule has 0 amide bonds. The first-order valence-corrected chi connectivity index (χ1v) is 10.6. The van der Waals surface area contributed by atoms with Gasteiger partial charge in [-0.25, -0.2) is 14.9 Å². The summed E-state index contributed by atoms with van der Waals surface area (Å²) >= 11 is 6.30. The fourth-order valence-corrected chi connectivity index (χ4v) is 4.48. The van der Waals surface area contributed by atoms with Gasteiger partial charge in [-0.1, -0.05) is 23.7 Å². The minimum absolute atomic E-state index is 0.189. The maximum atomic E-state index is 13.5. The van der Waals surface area contributed by atoms with Gasteiger partial charge in [-0.05, 0) is 37.8 Å². The van der Waals surface area contributed by atoms with Crippen LogP contribution >= 0.6 is 11.6 Å². The third kappa shape index (κ3) is 4.05. The van der Waals surface area contributed by atoms with Gasteiger partial charge in [0, 0.05) is 37.5 Å². The molecule has 1 aromatic carbocycles. The second-order valence-electron chi connectivity index (χ2n) is 7.90. The molecule has 0 saturated heterocycles. The summed E-state index contributed by atoms with van der Waals surface area (Å²) in [5.74, 6) is 0.371. The van der Waals surface area contributed by atoms with E-state index in [2.05, 4.69) is 26.4 Å². The van der Waals surface area contributed by atoms with Gasteiger partial charge in [0.25, 0.3) is 5.84 Å². The molecule has 1 fully saturated rings. The van der Waals surface area contributed by atoms with Crippen LogP contribution in [-0.2, 0) is 0 Å². The Balaban J connectivity index is 1.50. The Bertz CT molecular complexity index is 981. The van der Waals surface area contributed by atoms with Crippen molar-refractivity contribution in [2.45, 2.75) is 37.3 Å². The number of benzene rings is 1. The Labute approximate surface area is 180 Å². The van der Waals surface area contributed by atoms with Crippen LogP contribution in [0.15, 0.2) is 54.4 Å². The number of anilines is 2. The Morgan fingerprint density at radius 3 is 2.63 bits per heavy atom. The van der Waals surface area contributed by atoms with Crippen LogP contribution in [-0.4, -0.2) is 40.1 Å². The number of aromatic nitrogens is 1. The molecular weight excluding hydrogens is 403 g/mol. The molecule has 4 rings (SSSR count). The predicted octanol–water partition coefficient (Wildman–Crippen LogP) is 3.31. The second-order valence-corrected chi connectivity index (χ2v) is 8.30. The highest BCUT2D eigenvalue weighted by molar-refractivity contribution is 6.33. The summed E-state index contributed by atoms with van der Waals surface area (Å²) in [5, 5.41) is 7.61. The van der Waals surface area contributed by atoms with E-state index in [9.17, 15) is 4.39 Å². The van der Waals surface area contributed by atoms with E-state index < -0.39 is 5.95 Å². The highest BCUT2D eigenvalue weighted by atomic mass is 35.5. The summed E-state index contributed by atoms with van der Waals surface area (Å²) in [7, 11) is 0. The molecule has 0 unspecified atom stereocenters. The van der Waals surface area contributed by atoms with Crippen molar-refractivity contribution in [3.63, 3.8) is 0 Å². The Morgan fingerprint density at radius 2 is 1.97 bits per heavy atom. The number of halogens is 2. The lowest BCUT2D eigenvalue weighted by Gasteiger charge is -2.41. The van der Waals surface area contributed by atoms with E-state index in [0.29, 0.717) is 24.8 Å². The molecule has 1 aliphatic heterocycles. The van der Waals surface area contributed by atoms with E-state index in [1.165, 1.54) is 12.3 Å². The van der Waals surface area contributed by atoms with E-state index in [-0.39, 0.29) is 5.54 Å². The van der Waals surface area contributed by atoms with Crippen molar-refractivity contribution in [3.05, 3.63) is 65.3 Å². The smallest absolute Gasteiger partial charge is 0.288 e. The molecule has 0 spiro atoms. The van der Waals surface area contributed by atoms with Gasteiger partial charge in [-0.15, -0.1) is 0 Å². The summed E-state index contributed by atoms with van der Waals surface area (Å²) in [5.41, 5.74) is 14.6. The van der Waals surface area contributed by atoms with Gasteiger partial charge in [0.2, 0.25) is 5.95 Å². The van der Waals surface area contributed by atoms with Crippen LogP contribution in [0.1, 0.15) is 25.7 Å². The molecule has 6 nitrogen and oxygen atoms in total. The number of hydrogen-bond donors (Lipinski definition) is 4. The molecule has 8 heteroatoms. The lowest BCUT2D eigenvalue weighted by Crippen LogP contribution is -2.57. The third-order valence-corrected chi connectivity index (χ3v) is 6.41. The molecule has 0 bridgehead atoms. The van der Waals surface area contributed by atoms with Gasteiger partial charge in [-0.3, -0.25) is 0 Å². The molecule has 2 heterocycles. The zero-order valence-electron chi connectivity index (χ0n) is 16.7. The van der Waals surface area contributed by atoms with Crippen molar-refractivity contribution in [2.24, 2.45) is 11.5 Å². The summed E-state index contributed by atoms with van der Waals surface area (Å²) in [4.78, 5) is 3.61. The lowest BCUT2D eigenvalue weighted by atomic mass is 9.77. The van der Waals surface area contributed by atoms with Crippen LogP contribution in [0.25, 0.3) is 0 Å². The summed E-state index contributed by atoms with van der Waals surface area (Å²) in [6, 6.07) is 11.3. The minimum atomic E-state index is -0.524. The summed E-state index contributed by atoms with van der Waals surface area (Å²) < 4.78 is 15.7. The topological polar surface area (TPSA) is 92.0 Å². The van der Waals surface area contributed by atoms with Gasteiger partial charge in [0.05, 0.1) is 16.3 Å². The maximum absolute atomic E-state index is 13.5. The predicted molar refractivity (Wildman–Crippen MR) is 119 cm³/mol. The average molecular weight is 430 g/mol. The van der Waals surface area contributed by atoms with Crippen LogP contribution in [0.3, 0.4) is 0 Å². The zero-order chi connectivity index (χ0) is 21.1. The Morgan fingerprint density at radius 1 is 1.20 bits per heavy atom. The number of nitrogens with zero attached hydrogens (tertiary/aromatic N) is 2. The number of hydrogen-bond acceptors (Lipinski definition) is 5. The van der Waals surface area contributed by atoms with E-state index in [4.69, 9.17) is 23.1 Å². The van der Waals surface area contributed by atoms with Crippen LogP contribution in [0, 0.1) is 5.95 Å². The molecule has 2 aromatic rings. The number of nitrogens with one attached hydrogen (secondary N) is 2. The molecule has 6 N–H and O–H groups in total. The minimum Gasteiger partial charge on any atom is -0.381 e. The van der Waals surface area contributed by atoms with E-state index >= 15 is 0 Å². The van der Waals surface area contributed by atoms with E-state index in [1.807, 2.05) is 24.3 Å². The standard InChI is InChI=1S/C22H26ClFN6/c23-18-3-1-2-4-19(18)28-16-5-8-22(14-26,9-6-16)30-13-15(12-25)21(30)29-17-7-10-27-20(24)11-17/h1-4,7,10-11,13,16,28H,5-6,8-9,12,14,25-26H2/p+1. The van der Waals surface area contributed by atoms with Gasteiger partial charge in [-0.2, -0.15) is 4.39 Å². The summed E-state index contributed by atoms with van der Waals surface area (Å²) in [6.07, 6.45) is 7.31. The normalized spacial score (nSPS) is 23.6. The highest BCUT2D eigenvalue weighted by Crippen LogP contribution is 2.36. The number of amidine groups is 1. The quantitative estimate of drug-likeness (QED) is 0.417. The average Bonchev–Trinajstić information content (AvgIpc) is 2.75. The van der Waals surface area contributed by atoms with Crippen molar-refractivity contribution in [2.75, 3.05) is 23.7 Å². The van der Waals surface area contributed by atoms with Crippen molar-refractivity contribution in [1.82, 2.24) is 4.98 Å². The number of para-hydroxylation sites is 1. The van der Waals surface area contributed by atoms with Crippen molar-refractivity contribution in [1.29, 1.82) is 0 Å². The molecule has 1 saturated carbocycles. The molecule has 30 heavy (non-hydrogen) atoms. The van der Waals surface area contributed by atoms with Gasteiger partial charge >= 0.3 is 0 Å². The molecule has 0 radical (unpaired) electrons. The monoisotopic (exact) mass is 429 g/mol. The molecule has 1 aliphatic carbocycles. The first-order chi connectivity index (χ1) is 14.5. The van der Waals surface area contributed by atoms with Gasteiger partial charge in [0.1, 0.15) is 17.4 Å². The molecule has 1 aromatic heterocycles. The Kier molecular flexibility index (Phi) is 6.04. The van der Waals surface area contributed by atoms with Crippen molar-refractivity contribution < 1.29 is 8.97 Å². The third-order valence-electron chi connectivity index (χ3n) is 6.08. The fraction of sp³-hybridized carbons (Fsp3) is 0.364. The van der Waals surface area contributed by atoms with Crippen LogP contribution in [0.2, 0.25) is 5.02 Å². The molecule has 2 aliphatic rings.